The summed E-state index contributed by atoms with van der Waals surface area (Å²) < 4.78 is 29.3. The van der Waals surface area contributed by atoms with Gasteiger partial charge in [0.05, 0.1) is 20.6 Å². The molecule has 0 spiro atoms. The van der Waals surface area contributed by atoms with Gasteiger partial charge in [-0.15, -0.1) is 0 Å². The number of hydrogen-bond acceptors (Lipinski definition) is 4. The first kappa shape index (κ1) is 30.4. The maximum absolute atomic E-state index is 14.0. The number of hydrogen-bond donors (Lipinski definition) is 1. The molecule has 0 bridgehead atoms. The van der Waals surface area contributed by atoms with Gasteiger partial charge in [0.1, 0.15) is 12.6 Å². The Morgan fingerprint density at radius 1 is 0.975 bits per heavy atom. The Bertz CT molecular complexity index is 1470. The molecule has 0 aliphatic heterocycles. The Morgan fingerprint density at radius 3 is 2.33 bits per heavy atom. The van der Waals surface area contributed by atoms with Crippen LogP contribution in [0, 0.1) is 0 Å². The number of carbonyl (C=O) groups excluding carboxylic acids is 2. The fraction of sp³-hybridized carbons (Fsp3) is 0.310. The summed E-state index contributed by atoms with van der Waals surface area (Å²) in [5, 5.41) is 3.73. The Labute approximate surface area is 253 Å². The highest BCUT2D eigenvalue weighted by Crippen LogP contribution is 2.28. The van der Waals surface area contributed by atoms with Crippen LogP contribution >= 0.6 is 39.1 Å². The lowest BCUT2D eigenvalue weighted by molar-refractivity contribution is -0.139. The van der Waals surface area contributed by atoms with E-state index in [1.54, 1.807) is 67.6 Å². The molecule has 1 atom stereocenters. The molecular formula is C29H30BrCl2N3O4S. The molecule has 7 nitrogen and oxygen atoms in total. The van der Waals surface area contributed by atoms with Crippen molar-refractivity contribution in [3.63, 3.8) is 0 Å². The summed E-state index contributed by atoms with van der Waals surface area (Å²) in [5.41, 5.74) is 0.965. The molecule has 11 heteroatoms. The largest absolute Gasteiger partial charge is 0.352 e. The lowest BCUT2D eigenvalue weighted by atomic mass is 10.1. The molecule has 0 heterocycles. The van der Waals surface area contributed by atoms with Crippen LogP contribution in [0.4, 0.5) is 5.69 Å². The Balaban J connectivity index is 1.69. The van der Waals surface area contributed by atoms with E-state index in [2.05, 4.69) is 21.2 Å². The number of carbonyl (C=O) groups is 2. The van der Waals surface area contributed by atoms with Gasteiger partial charge in [-0.2, -0.15) is 0 Å². The summed E-state index contributed by atoms with van der Waals surface area (Å²) in [5.74, 6) is -0.833. The van der Waals surface area contributed by atoms with E-state index in [-0.39, 0.29) is 23.4 Å². The number of rotatable bonds is 10. The summed E-state index contributed by atoms with van der Waals surface area (Å²) in [6.07, 6.45) is 3.88. The van der Waals surface area contributed by atoms with Crippen LogP contribution in [0.15, 0.2) is 82.2 Å². The molecule has 0 radical (unpaired) electrons. The first-order valence-electron chi connectivity index (χ1n) is 12.9. The van der Waals surface area contributed by atoms with Crippen molar-refractivity contribution in [1.29, 1.82) is 0 Å². The highest BCUT2D eigenvalue weighted by molar-refractivity contribution is 9.10. The van der Waals surface area contributed by atoms with E-state index in [1.165, 1.54) is 17.0 Å². The first-order chi connectivity index (χ1) is 19.1. The zero-order valence-electron chi connectivity index (χ0n) is 21.9. The molecule has 3 aromatic carbocycles. The van der Waals surface area contributed by atoms with Crippen LogP contribution < -0.4 is 9.62 Å². The van der Waals surface area contributed by atoms with Crippen molar-refractivity contribution in [3.8, 4) is 0 Å². The molecule has 1 saturated carbocycles. The molecule has 4 rings (SSSR count). The lowest BCUT2D eigenvalue weighted by Crippen LogP contribution is -2.52. The molecular weight excluding hydrogens is 637 g/mol. The molecule has 1 aliphatic rings. The van der Waals surface area contributed by atoms with Crippen molar-refractivity contribution in [3.05, 3.63) is 92.9 Å². The van der Waals surface area contributed by atoms with E-state index < -0.39 is 28.5 Å². The van der Waals surface area contributed by atoms with Gasteiger partial charge in [0.25, 0.3) is 10.0 Å². The molecule has 1 fully saturated rings. The summed E-state index contributed by atoms with van der Waals surface area (Å²) in [4.78, 5) is 28.7. The van der Waals surface area contributed by atoms with Crippen molar-refractivity contribution in [2.75, 3.05) is 10.8 Å². The monoisotopic (exact) mass is 665 g/mol. The highest BCUT2D eigenvalue weighted by Gasteiger charge is 2.33. The van der Waals surface area contributed by atoms with Gasteiger partial charge in [-0.3, -0.25) is 13.9 Å². The zero-order valence-corrected chi connectivity index (χ0v) is 25.8. The second-order valence-electron chi connectivity index (χ2n) is 9.74. The van der Waals surface area contributed by atoms with Crippen LogP contribution in [-0.2, 0) is 26.2 Å². The summed E-state index contributed by atoms with van der Waals surface area (Å²) in [6, 6.07) is 18.8. The molecule has 3 aromatic rings. The average molecular weight is 667 g/mol. The van der Waals surface area contributed by atoms with Crippen molar-refractivity contribution >= 4 is 66.7 Å². The van der Waals surface area contributed by atoms with Gasteiger partial charge in [-0.1, -0.05) is 82.3 Å². The lowest BCUT2D eigenvalue weighted by Gasteiger charge is -2.32. The van der Waals surface area contributed by atoms with Crippen LogP contribution in [0.3, 0.4) is 0 Å². The number of sulfonamides is 1. The number of nitrogens with one attached hydrogen (secondary N) is 1. The van der Waals surface area contributed by atoms with Crippen molar-refractivity contribution in [2.45, 2.75) is 56.1 Å². The third-order valence-electron chi connectivity index (χ3n) is 6.91. The van der Waals surface area contributed by atoms with E-state index in [1.807, 2.05) is 0 Å². The molecule has 212 valence electrons. The number of anilines is 1. The van der Waals surface area contributed by atoms with Gasteiger partial charge in [0.2, 0.25) is 11.8 Å². The highest BCUT2D eigenvalue weighted by atomic mass is 79.9. The summed E-state index contributed by atoms with van der Waals surface area (Å²) in [6.45, 7) is 1.16. The molecule has 40 heavy (non-hydrogen) atoms. The number of nitrogens with zero attached hydrogens (tertiary/aromatic N) is 2. The minimum atomic E-state index is -4.12. The van der Waals surface area contributed by atoms with Crippen molar-refractivity contribution in [2.24, 2.45) is 0 Å². The molecule has 1 N–H and O–H groups in total. The number of amides is 2. The van der Waals surface area contributed by atoms with Crippen molar-refractivity contribution < 1.29 is 18.0 Å². The van der Waals surface area contributed by atoms with E-state index in [0.717, 1.165) is 30.0 Å². The average Bonchev–Trinajstić information content (AvgIpc) is 3.45. The van der Waals surface area contributed by atoms with Gasteiger partial charge in [0.15, 0.2) is 0 Å². The topological polar surface area (TPSA) is 86.8 Å². The molecule has 1 unspecified atom stereocenters. The molecule has 0 saturated heterocycles. The third kappa shape index (κ3) is 7.37. The minimum absolute atomic E-state index is 0.0344. The zero-order chi connectivity index (χ0) is 28.9. The maximum atomic E-state index is 14.0. The Hall–Kier alpha value is -2.59. The van der Waals surface area contributed by atoms with Crippen molar-refractivity contribution in [1.82, 2.24) is 10.2 Å². The van der Waals surface area contributed by atoms with E-state index in [9.17, 15) is 18.0 Å². The molecule has 1 aliphatic carbocycles. The number of benzene rings is 3. The third-order valence-corrected chi connectivity index (χ3v) is 9.93. The second-order valence-corrected chi connectivity index (χ2v) is 13.3. The molecule has 2 amide bonds. The van der Waals surface area contributed by atoms with Crippen LogP contribution in [0.1, 0.15) is 38.2 Å². The fourth-order valence-electron chi connectivity index (χ4n) is 4.69. The smallest absolute Gasteiger partial charge is 0.264 e. The predicted octanol–water partition coefficient (Wildman–Crippen LogP) is 6.43. The van der Waals surface area contributed by atoms with Gasteiger partial charge >= 0.3 is 0 Å². The predicted molar refractivity (Wildman–Crippen MR) is 162 cm³/mol. The van der Waals surface area contributed by atoms with E-state index in [4.69, 9.17) is 23.2 Å². The van der Waals surface area contributed by atoms with E-state index >= 15 is 0 Å². The standard InChI is InChI=1S/C29H30BrCl2N3O4S/c1-20(29(37)33-23-9-5-6-10-23)34(18-21-14-15-26(31)27(32)16-21)28(36)19-35(24-11-7-8-22(30)17-24)40(38,39)25-12-3-2-4-13-25/h2-4,7-8,11-17,20,23H,5-6,9-10,18-19H2,1H3,(H,33,37). The summed E-state index contributed by atoms with van der Waals surface area (Å²) in [7, 11) is -4.12. The summed E-state index contributed by atoms with van der Waals surface area (Å²) >= 11 is 15.7. The van der Waals surface area contributed by atoms with Crippen LogP contribution in [-0.4, -0.2) is 43.8 Å². The van der Waals surface area contributed by atoms with Crippen LogP contribution in [0.25, 0.3) is 0 Å². The van der Waals surface area contributed by atoms with Gasteiger partial charge in [0, 0.05) is 17.1 Å². The van der Waals surface area contributed by atoms with E-state index in [0.29, 0.717) is 25.8 Å². The number of halogens is 3. The van der Waals surface area contributed by atoms with Gasteiger partial charge in [-0.05, 0) is 67.8 Å². The first-order valence-corrected chi connectivity index (χ1v) is 15.9. The van der Waals surface area contributed by atoms with Gasteiger partial charge < -0.3 is 10.2 Å². The van der Waals surface area contributed by atoms with Crippen LogP contribution in [0.2, 0.25) is 10.0 Å². The van der Waals surface area contributed by atoms with Crippen LogP contribution in [0.5, 0.6) is 0 Å². The Kier molecular flexibility index (Phi) is 10.2. The second kappa shape index (κ2) is 13.4. The molecule has 0 aromatic heterocycles. The normalized spacial score (nSPS) is 14.5. The fourth-order valence-corrected chi connectivity index (χ4v) is 6.82. The Morgan fingerprint density at radius 2 is 1.68 bits per heavy atom. The quantitative estimate of drug-likeness (QED) is 0.270. The van der Waals surface area contributed by atoms with Gasteiger partial charge in [-0.25, -0.2) is 8.42 Å². The SMILES string of the molecule is CC(C(=O)NC1CCCC1)N(Cc1ccc(Cl)c(Cl)c1)C(=O)CN(c1cccc(Br)c1)S(=O)(=O)c1ccccc1. The maximum Gasteiger partial charge on any atom is 0.264 e. The minimum Gasteiger partial charge on any atom is -0.352 e.